The van der Waals surface area contributed by atoms with E-state index in [0.717, 1.165) is 51.4 Å². The van der Waals surface area contributed by atoms with E-state index in [9.17, 15) is 45.6 Å². The van der Waals surface area contributed by atoms with Gasteiger partial charge >= 0.3 is 0 Å². The van der Waals surface area contributed by atoms with Crippen molar-refractivity contribution >= 4 is 5.91 Å². The number of nitrogens with one attached hydrogen (secondary N) is 1. The third kappa shape index (κ3) is 32.2. The van der Waals surface area contributed by atoms with Crippen LogP contribution in [0.15, 0.2) is 0 Å². The molecule has 14 heteroatoms. The molecule has 2 fully saturated rings. The van der Waals surface area contributed by atoms with Gasteiger partial charge in [-0.1, -0.05) is 264 Å². The molecule has 74 heavy (non-hydrogen) atoms. The highest BCUT2D eigenvalue weighted by Crippen LogP contribution is 2.30. The number of carbonyl (C=O) groups is 1. The van der Waals surface area contributed by atoms with Crippen LogP contribution in [0.1, 0.15) is 284 Å². The molecule has 2 rings (SSSR count). The van der Waals surface area contributed by atoms with Crippen LogP contribution in [0.4, 0.5) is 0 Å². The zero-order chi connectivity index (χ0) is 53.9. The average molecular weight is 1060 g/mol. The molecule has 1 amide bonds. The second kappa shape index (κ2) is 46.9. The van der Waals surface area contributed by atoms with Crippen LogP contribution in [0.5, 0.6) is 0 Å². The summed E-state index contributed by atoms with van der Waals surface area (Å²) >= 11 is 0. The number of unbranched alkanes of at least 4 members (excludes halogenated alkanes) is 38. The van der Waals surface area contributed by atoms with Crippen LogP contribution in [0.3, 0.4) is 0 Å². The van der Waals surface area contributed by atoms with E-state index in [1.165, 1.54) is 205 Å². The maximum absolute atomic E-state index is 13.2. The van der Waals surface area contributed by atoms with E-state index in [1.54, 1.807) is 0 Å². The van der Waals surface area contributed by atoms with Crippen molar-refractivity contribution in [3.63, 3.8) is 0 Å². The number of carbonyl (C=O) groups excluding carboxylic acids is 1. The molecule has 0 aliphatic carbocycles. The maximum atomic E-state index is 13.2. The summed E-state index contributed by atoms with van der Waals surface area (Å²) in [5, 5.41) is 87.1. The van der Waals surface area contributed by atoms with E-state index in [4.69, 9.17) is 18.9 Å². The summed E-state index contributed by atoms with van der Waals surface area (Å²) in [7, 11) is 0. The third-order valence-electron chi connectivity index (χ3n) is 15.8. The van der Waals surface area contributed by atoms with Gasteiger partial charge in [0.2, 0.25) is 5.91 Å². The quantitative estimate of drug-likeness (QED) is 0.0259. The lowest BCUT2D eigenvalue weighted by Gasteiger charge is -2.46. The number of ether oxygens (including phenoxy) is 4. The first-order chi connectivity index (χ1) is 36.1. The molecule has 0 bridgehead atoms. The second-order valence-electron chi connectivity index (χ2n) is 22.6. The van der Waals surface area contributed by atoms with Crippen molar-refractivity contribution in [3.8, 4) is 0 Å². The second-order valence-corrected chi connectivity index (χ2v) is 22.6. The Morgan fingerprint density at radius 3 is 1.15 bits per heavy atom. The van der Waals surface area contributed by atoms with Gasteiger partial charge in [0.25, 0.3) is 0 Å². The first-order valence-corrected chi connectivity index (χ1v) is 31.3. The van der Waals surface area contributed by atoms with E-state index in [-0.39, 0.29) is 12.5 Å². The first kappa shape index (κ1) is 69.1. The van der Waals surface area contributed by atoms with Gasteiger partial charge in [-0.25, -0.2) is 0 Å². The predicted octanol–water partition coefficient (Wildman–Crippen LogP) is 10.9. The van der Waals surface area contributed by atoms with Crippen molar-refractivity contribution in [2.45, 2.75) is 357 Å². The molecule has 4 unspecified atom stereocenters. The van der Waals surface area contributed by atoms with Gasteiger partial charge in [0.15, 0.2) is 12.6 Å². The molecular formula is C60H117NO13. The highest BCUT2D eigenvalue weighted by Gasteiger charge is 2.51. The van der Waals surface area contributed by atoms with Crippen LogP contribution < -0.4 is 5.32 Å². The predicted molar refractivity (Wildman–Crippen MR) is 296 cm³/mol. The summed E-state index contributed by atoms with van der Waals surface area (Å²) < 4.78 is 22.8. The minimum atomic E-state index is -1.78. The van der Waals surface area contributed by atoms with Crippen molar-refractivity contribution in [2.24, 2.45) is 0 Å². The number of aliphatic hydroxyl groups excluding tert-OH is 8. The fourth-order valence-electron chi connectivity index (χ4n) is 10.8. The van der Waals surface area contributed by atoms with Crippen molar-refractivity contribution in [3.05, 3.63) is 0 Å². The molecule has 9 N–H and O–H groups in total. The van der Waals surface area contributed by atoms with Gasteiger partial charge in [-0.15, -0.1) is 0 Å². The van der Waals surface area contributed by atoms with Crippen molar-refractivity contribution < 1.29 is 64.6 Å². The molecule has 2 aliphatic heterocycles. The summed E-state index contributed by atoms with van der Waals surface area (Å²) in [6.07, 6.45) is 35.7. The fourth-order valence-corrected chi connectivity index (χ4v) is 10.8. The highest BCUT2D eigenvalue weighted by atomic mass is 16.7. The normalized spacial score (nSPS) is 25.1. The summed E-state index contributed by atoms with van der Waals surface area (Å²) in [6.45, 7) is 2.87. The Bertz CT molecular complexity index is 1250. The summed E-state index contributed by atoms with van der Waals surface area (Å²) in [4.78, 5) is 13.2. The summed E-state index contributed by atoms with van der Waals surface area (Å²) in [5.74, 6) is -0.202. The molecule has 2 saturated heterocycles. The van der Waals surface area contributed by atoms with Gasteiger partial charge in [0, 0.05) is 6.42 Å². The molecule has 0 spiro atoms. The third-order valence-corrected chi connectivity index (χ3v) is 15.8. The van der Waals surface area contributed by atoms with Crippen LogP contribution in [0.2, 0.25) is 0 Å². The molecule has 0 radical (unpaired) electrons. The van der Waals surface area contributed by atoms with Gasteiger partial charge in [-0.2, -0.15) is 0 Å². The molecule has 0 aromatic carbocycles. The van der Waals surface area contributed by atoms with Crippen LogP contribution >= 0.6 is 0 Å². The zero-order valence-electron chi connectivity index (χ0n) is 47.4. The van der Waals surface area contributed by atoms with Crippen LogP contribution in [-0.2, 0) is 23.7 Å². The van der Waals surface area contributed by atoms with Gasteiger partial charge < -0.3 is 65.1 Å². The topological polar surface area (TPSA) is 228 Å². The van der Waals surface area contributed by atoms with E-state index in [1.807, 2.05) is 0 Å². The largest absolute Gasteiger partial charge is 0.394 e. The molecule has 12 atom stereocenters. The van der Waals surface area contributed by atoms with Crippen LogP contribution in [0, 0.1) is 0 Å². The fraction of sp³-hybridized carbons (Fsp3) is 0.983. The van der Waals surface area contributed by atoms with Gasteiger partial charge in [0.1, 0.15) is 48.8 Å². The zero-order valence-corrected chi connectivity index (χ0v) is 47.4. The SMILES string of the molecule is CCCCCCCCCCCCCCCCCCCCCCCCCCCCCCCCC(=O)N[C@@H](CO[C@@H]1O[C@H](CO)[C@@H](O[C@@H]2O[C@H](CO)[C@H](O)C(O)C2O)C(O)C1O)[C@H](O)CCCCCCCCCCCC. The van der Waals surface area contributed by atoms with E-state index < -0.39 is 86.8 Å². The van der Waals surface area contributed by atoms with E-state index in [0.29, 0.717) is 12.8 Å². The first-order valence-electron chi connectivity index (χ1n) is 31.3. The van der Waals surface area contributed by atoms with Gasteiger partial charge in [-0.05, 0) is 12.8 Å². The van der Waals surface area contributed by atoms with Gasteiger partial charge in [-0.3, -0.25) is 4.79 Å². The van der Waals surface area contributed by atoms with Gasteiger partial charge in [0.05, 0.1) is 32.0 Å². The minimum absolute atomic E-state index is 0.202. The molecule has 14 nitrogen and oxygen atoms in total. The van der Waals surface area contributed by atoms with Crippen LogP contribution in [-0.4, -0.2) is 140 Å². The molecule has 0 saturated carbocycles. The Labute approximate surface area is 451 Å². The van der Waals surface area contributed by atoms with Crippen molar-refractivity contribution in [1.29, 1.82) is 0 Å². The minimum Gasteiger partial charge on any atom is -0.394 e. The standard InChI is InChI=1S/C60H117NO13/c1-3-5-7-9-11-13-15-16-17-18-19-20-21-22-23-24-25-26-27-28-29-30-31-32-33-34-36-38-40-42-44-52(65)61-48(49(64)43-41-39-37-35-14-12-10-8-6-4-2)47-71-59-57(70)55(68)58(51(46-63)73-59)74-60-56(69)54(67)53(66)50(45-62)72-60/h48-51,53-60,62-64,66-70H,3-47H2,1-2H3,(H,61,65)/t48-,49+,50+,51+,53-,54?,55?,56?,57?,58+,59+,60-/m0/s1. The average Bonchev–Trinajstić information content (AvgIpc) is 3.40. The Morgan fingerprint density at radius 2 is 0.770 bits per heavy atom. The van der Waals surface area contributed by atoms with E-state index >= 15 is 0 Å². The Hall–Kier alpha value is -1.01. The maximum Gasteiger partial charge on any atom is 0.220 e. The number of amides is 1. The van der Waals surface area contributed by atoms with Crippen LogP contribution in [0.25, 0.3) is 0 Å². The van der Waals surface area contributed by atoms with Crippen molar-refractivity contribution in [2.75, 3.05) is 19.8 Å². The smallest absolute Gasteiger partial charge is 0.220 e. The molecule has 0 aromatic heterocycles. The van der Waals surface area contributed by atoms with Crippen molar-refractivity contribution in [1.82, 2.24) is 5.32 Å². The summed E-state index contributed by atoms with van der Waals surface area (Å²) in [6, 6.07) is -0.821. The Morgan fingerprint density at radius 1 is 0.432 bits per heavy atom. The number of rotatable bonds is 51. The Kier molecular flexibility index (Phi) is 43.8. The molecule has 2 heterocycles. The lowest BCUT2D eigenvalue weighted by Crippen LogP contribution is -2.65. The molecule has 0 aromatic rings. The highest BCUT2D eigenvalue weighted by molar-refractivity contribution is 5.76. The number of hydrogen-bond acceptors (Lipinski definition) is 13. The molecule has 2 aliphatic rings. The summed E-state index contributed by atoms with van der Waals surface area (Å²) in [5.41, 5.74) is 0. The van der Waals surface area contributed by atoms with E-state index in [2.05, 4.69) is 19.2 Å². The lowest BCUT2D eigenvalue weighted by atomic mass is 9.97. The Balaban J connectivity index is 1.61. The molecular weight excluding hydrogens is 943 g/mol. The molecule has 440 valence electrons. The monoisotopic (exact) mass is 1060 g/mol. The number of aliphatic hydroxyl groups is 8. The number of hydrogen-bond donors (Lipinski definition) is 9. The lowest BCUT2D eigenvalue weighted by molar-refractivity contribution is -0.359.